The molecule has 2 rings (SSSR count). The number of carbonyl (C=O) groups is 1. The highest BCUT2D eigenvalue weighted by molar-refractivity contribution is 5.91. The molecular weight excluding hydrogens is 302 g/mol. The molecule has 7 nitrogen and oxygen atoms in total. The molecule has 0 saturated carbocycles. The Kier molecular flexibility index (Phi) is 5.81. The highest BCUT2D eigenvalue weighted by Gasteiger charge is 2.32. The summed E-state index contributed by atoms with van der Waals surface area (Å²) in [5, 5.41) is 19.5. The lowest BCUT2D eigenvalue weighted by Crippen LogP contribution is -2.42. The van der Waals surface area contributed by atoms with Crippen molar-refractivity contribution < 1.29 is 29.2 Å². The van der Waals surface area contributed by atoms with Gasteiger partial charge in [-0.05, 0) is 12.6 Å². The molecule has 0 spiro atoms. The van der Waals surface area contributed by atoms with Gasteiger partial charge in [-0.2, -0.15) is 0 Å². The van der Waals surface area contributed by atoms with E-state index in [2.05, 4.69) is 0 Å². The largest absolute Gasteiger partial charge is 0.497 e. The van der Waals surface area contributed by atoms with Crippen molar-refractivity contribution in [3.63, 3.8) is 0 Å². The smallest absolute Gasteiger partial charge is 0.336 e. The quantitative estimate of drug-likeness (QED) is 0.772. The Morgan fingerprint density at radius 1 is 1.35 bits per heavy atom. The SMILES string of the molecule is CCN(Cc1c(OC)cc(OC)cc1C(=O)O)[C@@H]1COC[C@H]1O. The minimum absolute atomic E-state index is 0.132. The molecule has 2 N–H and O–H groups in total. The van der Waals surface area contributed by atoms with Gasteiger partial charge in [-0.3, -0.25) is 4.90 Å². The summed E-state index contributed by atoms with van der Waals surface area (Å²) in [6.07, 6.45) is -0.576. The number of ether oxygens (including phenoxy) is 3. The van der Waals surface area contributed by atoms with Crippen molar-refractivity contribution in [1.29, 1.82) is 0 Å². The fourth-order valence-corrected chi connectivity index (χ4v) is 2.82. The highest BCUT2D eigenvalue weighted by atomic mass is 16.5. The number of benzene rings is 1. The van der Waals surface area contributed by atoms with Crippen LogP contribution in [0.5, 0.6) is 11.5 Å². The minimum Gasteiger partial charge on any atom is -0.497 e. The summed E-state index contributed by atoms with van der Waals surface area (Å²) in [6.45, 7) is 3.68. The van der Waals surface area contributed by atoms with Crippen molar-refractivity contribution in [2.24, 2.45) is 0 Å². The molecule has 1 aliphatic rings. The second kappa shape index (κ2) is 7.63. The first kappa shape index (κ1) is 17.5. The van der Waals surface area contributed by atoms with Gasteiger partial charge in [-0.15, -0.1) is 0 Å². The molecule has 128 valence electrons. The van der Waals surface area contributed by atoms with Crippen LogP contribution in [0, 0.1) is 0 Å². The second-order valence-electron chi connectivity index (χ2n) is 5.40. The number of rotatable bonds is 7. The van der Waals surface area contributed by atoms with Gasteiger partial charge in [-0.25, -0.2) is 4.79 Å². The molecule has 0 unspecified atom stereocenters. The van der Waals surface area contributed by atoms with Crippen LogP contribution in [0.1, 0.15) is 22.8 Å². The van der Waals surface area contributed by atoms with Gasteiger partial charge in [0.1, 0.15) is 11.5 Å². The lowest BCUT2D eigenvalue weighted by Gasteiger charge is -2.29. The number of hydrogen-bond donors (Lipinski definition) is 2. The van der Waals surface area contributed by atoms with Crippen LogP contribution >= 0.6 is 0 Å². The third-order valence-electron chi connectivity index (χ3n) is 4.13. The van der Waals surface area contributed by atoms with Gasteiger partial charge in [0.05, 0.1) is 45.1 Å². The Morgan fingerprint density at radius 2 is 2.09 bits per heavy atom. The summed E-state index contributed by atoms with van der Waals surface area (Å²) in [7, 11) is 2.97. The van der Waals surface area contributed by atoms with E-state index in [1.165, 1.54) is 20.3 Å². The molecule has 1 heterocycles. The molecule has 0 radical (unpaired) electrons. The van der Waals surface area contributed by atoms with E-state index in [9.17, 15) is 15.0 Å². The van der Waals surface area contributed by atoms with E-state index in [4.69, 9.17) is 14.2 Å². The summed E-state index contributed by atoms with van der Waals surface area (Å²) in [5.74, 6) is -0.166. The van der Waals surface area contributed by atoms with Gasteiger partial charge in [0, 0.05) is 18.2 Å². The lowest BCUT2D eigenvalue weighted by molar-refractivity contribution is 0.0684. The van der Waals surface area contributed by atoms with E-state index in [0.29, 0.717) is 43.4 Å². The molecule has 0 bridgehead atoms. The van der Waals surface area contributed by atoms with E-state index in [-0.39, 0.29) is 11.6 Å². The molecule has 1 aromatic carbocycles. The fourth-order valence-electron chi connectivity index (χ4n) is 2.82. The number of likely N-dealkylation sites (N-methyl/N-ethyl adjacent to an activating group) is 1. The predicted molar refractivity (Wildman–Crippen MR) is 83.2 cm³/mol. The van der Waals surface area contributed by atoms with Crippen molar-refractivity contribution >= 4 is 5.97 Å². The Bertz CT molecular complexity index is 562. The highest BCUT2D eigenvalue weighted by Crippen LogP contribution is 2.31. The molecule has 1 aliphatic heterocycles. The van der Waals surface area contributed by atoms with Crippen LogP contribution in [-0.4, -0.2) is 67.2 Å². The summed E-state index contributed by atoms with van der Waals surface area (Å²) in [4.78, 5) is 13.6. The maximum Gasteiger partial charge on any atom is 0.336 e. The Labute approximate surface area is 135 Å². The Morgan fingerprint density at radius 3 is 2.57 bits per heavy atom. The number of aromatic carboxylic acids is 1. The Balaban J connectivity index is 2.38. The summed E-state index contributed by atoms with van der Waals surface area (Å²) >= 11 is 0. The molecule has 1 aromatic rings. The van der Waals surface area contributed by atoms with Gasteiger partial charge in [0.15, 0.2) is 0 Å². The normalized spacial score (nSPS) is 20.7. The summed E-state index contributed by atoms with van der Waals surface area (Å²) < 4.78 is 15.8. The topological polar surface area (TPSA) is 88.5 Å². The molecule has 7 heteroatoms. The molecule has 0 aromatic heterocycles. The molecule has 0 aliphatic carbocycles. The van der Waals surface area contributed by atoms with E-state index >= 15 is 0 Å². The zero-order valence-corrected chi connectivity index (χ0v) is 13.6. The average molecular weight is 325 g/mol. The van der Waals surface area contributed by atoms with Crippen LogP contribution in [0.3, 0.4) is 0 Å². The van der Waals surface area contributed by atoms with E-state index < -0.39 is 12.1 Å². The number of carboxylic acids is 1. The van der Waals surface area contributed by atoms with Crippen LogP contribution in [0.25, 0.3) is 0 Å². The number of aliphatic hydroxyl groups excluding tert-OH is 1. The van der Waals surface area contributed by atoms with Crippen LogP contribution in [-0.2, 0) is 11.3 Å². The van der Waals surface area contributed by atoms with Gasteiger partial charge < -0.3 is 24.4 Å². The minimum atomic E-state index is -1.04. The number of nitrogens with zero attached hydrogens (tertiary/aromatic N) is 1. The monoisotopic (exact) mass is 325 g/mol. The zero-order valence-electron chi connectivity index (χ0n) is 13.6. The molecule has 2 atom stereocenters. The first-order valence-corrected chi connectivity index (χ1v) is 7.49. The van der Waals surface area contributed by atoms with Crippen molar-refractivity contribution in [3.8, 4) is 11.5 Å². The van der Waals surface area contributed by atoms with Crippen LogP contribution in [0.2, 0.25) is 0 Å². The molecule has 1 fully saturated rings. The van der Waals surface area contributed by atoms with Crippen LogP contribution in [0.15, 0.2) is 12.1 Å². The Hall–Kier alpha value is -1.83. The van der Waals surface area contributed by atoms with Crippen molar-refractivity contribution in [2.45, 2.75) is 25.6 Å². The van der Waals surface area contributed by atoms with Crippen LogP contribution in [0.4, 0.5) is 0 Å². The van der Waals surface area contributed by atoms with Gasteiger partial charge >= 0.3 is 5.97 Å². The van der Waals surface area contributed by atoms with E-state index in [1.54, 1.807) is 6.07 Å². The van der Waals surface area contributed by atoms with Crippen molar-refractivity contribution in [2.75, 3.05) is 34.0 Å². The lowest BCUT2D eigenvalue weighted by atomic mass is 10.0. The fraction of sp³-hybridized carbons (Fsp3) is 0.562. The second-order valence-corrected chi connectivity index (χ2v) is 5.40. The maximum atomic E-state index is 11.6. The number of hydrogen-bond acceptors (Lipinski definition) is 6. The zero-order chi connectivity index (χ0) is 17.0. The van der Waals surface area contributed by atoms with Crippen LogP contribution < -0.4 is 9.47 Å². The average Bonchev–Trinajstić information content (AvgIpc) is 2.97. The summed E-state index contributed by atoms with van der Waals surface area (Å²) in [6, 6.07) is 2.99. The number of carboxylic acid groups (broad SMARTS) is 1. The third kappa shape index (κ3) is 3.74. The molecule has 1 saturated heterocycles. The first-order valence-electron chi connectivity index (χ1n) is 7.49. The molecule has 23 heavy (non-hydrogen) atoms. The number of methoxy groups -OCH3 is 2. The third-order valence-corrected chi connectivity index (χ3v) is 4.13. The summed E-state index contributed by atoms with van der Waals surface area (Å²) in [5.41, 5.74) is 0.690. The van der Waals surface area contributed by atoms with Crippen molar-refractivity contribution in [3.05, 3.63) is 23.3 Å². The van der Waals surface area contributed by atoms with Crippen molar-refractivity contribution in [1.82, 2.24) is 4.90 Å². The number of aliphatic hydroxyl groups is 1. The van der Waals surface area contributed by atoms with Gasteiger partial charge in [0.2, 0.25) is 0 Å². The predicted octanol–water partition coefficient (Wildman–Crippen LogP) is 0.984. The van der Waals surface area contributed by atoms with Gasteiger partial charge in [-0.1, -0.05) is 6.92 Å². The molecule has 0 amide bonds. The van der Waals surface area contributed by atoms with E-state index in [1.807, 2.05) is 11.8 Å². The van der Waals surface area contributed by atoms with E-state index in [0.717, 1.165) is 0 Å². The molecular formula is C16H23NO6. The standard InChI is InChI=1S/C16H23NO6/c1-4-17(13-8-23-9-14(13)18)7-12-11(16(19)20)5-10(21-2)6-15(12)22-3/h5-6,13-14,18H,4,7-9H2,1-3H3,(H,19,20)/t13-,14-/m1/s1. The maximum absolute atomic E-state index is 11.6. The first-order chi connectivity index (χ1) is 11.0. The van der Waals surface area contributed by atoms with Gasteiger partial charge in [0.25, 0.3) is 0 Å².